The number of ether oxygens (including phenoxy) is 2. The molecule has 0 aromatic heterocycles. The Morgan fingerprint density at radius 1 is 1.00 bits per heavy atom. The molecule has 1 aromatic rings. The van der Waals surface area contributed by atoms with Gasteiger partial charge in [0.1, 0.15) is 6.61 Å². The van der Waals surface area contributed by atoms with Gasteiger partial charge in [-0.2, -0.15) is 0 Å². The van der Waals surface area contributed by atoms with Gasteiger partial charge >= 0.3 is 11.9 Å². The average Bonchev–Trinajstić information content (AvgIpc) is 3.24. The lowest BCUT2D eigenvalue weighted by atomic mass is 10.2. The van der Waals surface area contributed by atoms with Crippen LogP contribution in [0.25, 0.3) is 0 Å². The smallest absolute Gasteiger partial charge is 0.302 e. The molecule has 0 bridgehead atoms. The lowest BCUT2D eigenvalue weighted by Crippen LogP contribution is -2.10. The van der Waals surface area contributed by atoms with E-state index in [2.05, 4.69) is 15.2 Å². The van der Waals surface area contributed by atoms with E-state index in [9.17, 15) is 9.59 Å². The van der Waals surface area contributed by atoms with Crippen molar-refractivity contribution in [2.75, 3.05) is 19.8 Å². The first-order valence-corrected chi connectivity index (χ1v) is 6.57. The molecule has 0 amide bonds. The Morgan fingerprint density at radius 2 is 1.57 bits per heavy atom. The maximum absolute atomic E-state index is 10.4. The molecule has 1 aliphatic heterocycles. The van der Waals surface area contributed by atoms with E-state index in [-0.39, 0.29) is 11.9 Å². The molecule has 1 heterocycles. The minimum atomic E-state index is -0.267. The van der Waals surface area contributed by atoms with Crippen molar-refractivity contribution in [3.05, 3.63) is 35.9 Å². The summed E-state index contributed by atoms with van der Waals surface area (Å²) < 4.78 is 9.40. The summed E-state index contributed by atoms with van der Waals surface area (Å²) in [5.74, 6) is -0.484. The largest absolute Gasteiger partial charge is 0.466 e. The minimum absolute atomic E-state index is 0.217. The van der Waals surface area contributed by atoms with E-state index in [1.165, 1.54) is 24.5 Å². The van der Waals surface area contributed by atoms with Crippen LogP contribution in [0.5, 0.6) is 0 Å². The van der Waals surface area contributed by atoms with E-state index in [1.54, 1.807) is 0 Å². The van der Waals surface area contributed by atoms with Gasteiger partial charge in [0.2, 0.25) is 0 Å². The van der Waals surface area contributed by atoms with Gasteiger partial charge in [-0.1, -0.05) is 30.3 Å². The standard InChI is InChI=1S/C10H12O2.C4H7N3O2/c1-9(11)12-8-7-10-5-3-2-4-6-10;1-4(8)9-3-2-7-5-6-7/h2-6H,7-8H2,1H3;2-3H2,1H3. The van der Waals surface area contributed by atoms with Gasteiger partial charge in [0, 0.05) is 20.3 Å². The van der Waals surface area contributed by atoms with Crippen LogP contribution in [0, 0.1) is 0 Å². The third-order valence-electron chi connectivity index (χ3n) is 2.35. The van der Waals surface area contributed by atoms with Crippen molar-refractivity contribution < 1.29 is 19.1 Å². The summed E-state index contributed by atoms with van der Waals surface area (Å²) in [7, 11) is 0. The highest BCUT2D eigenvalue weighted by Gasteiger charge is 2.09. The molecule has 0 fully saturated rings. The molecule has 0 saturated heterocycles. The summed E-state index contributed by atoms with van der Waals surface area (Å²) in [6.45, 7) is 4.20. The normalized spacial score (nSPS) is 11.2. The Labute approximate surface area is 123 Å². The Morgan fingerprint density at radius 3 is 2.10 bits per heavy atom. The SMILES string of the molecule is CC(=O)OCCN1N=N1.CC(=O)OCCc1ccccc1. The number of esters is 2. The number of hydrogen-bond donors (Lipinski definition) is 0. The highest BCUT2D eigenvalue weighted by atomic mass is 16.5. The van der Waals surface area contributed by atoms with Gasteiger partial charge in [0.25, 0.3) is 0 Å². The molecule has 0 unspecified atom stereocenters. The number of benzene rings is 1. The van der Waals surface area contributed by atoms with E-state index >= 15 is 0 Å². The molecule has 1 aliphatic rings. The van der Waals surface area contributed by atoms with Gasteiger partial charge in [0.15, 0.2) is 0 Å². The van der Waals surface area contributed by atoms with Gasteiger partial charge in [-0.05, 0) is 16.0 Å². The van der Waals surface area contributed by atoms with Crippen molar-refractivity contribution in [2.45, 2.75) is 20.3 Å². The summed E-state index contributed by atoms with van der Waals surface area (Å²) in [5.41, 5.74) is 1.19. The Balaban J connectivity index is 0.000000219. The van der Waals surface area contributed by atoms with E-state index in [4.69, 9.17) is 4.74 Å². The van der Waals surface area contributed by atoms with E-state index in [0.717, 1.165) is 6.42 Å². The summed E-state index contributed by atoms with van der Waals surface area (Å²) >= 11 is 0. The van der Waals surface area contributed by atoms with Crippen LogP contribution in [-0.2, 0) is 25.5 Å². The number of hydrogen-bond acceptors (Lipinski definition) is 7. The molecule has 0 radical (unpaired) electrons. The maximum atomic E-state index is 10.4. The van der Waals surface area contributed by atoms with E-state index in [1.807, 2.05) is 30.3 Å². The van der Waals surface area contributed by atoms with Gasteiger partial charge in [-0.25, -0.2) is 0 Å². The lowest BCUT2D eigenvalue weighted by molar-refractivity contribution is -0.141. The Kier molecular flexibility index (Phi) is 7.49. The zero-order valence-corrected chi connectivity index (χ0v) is 12.2. The summed E-state index contributed by atoms with van der Waals surface area (Å²) in [4.78, 5) is 20.6. The first-order chi connectivity index (χ1) is 10.1. The van der Waals surface area contributed by atoms with Crippen molar-refractivity contribution in [1.82, 2.24) is 5.12 Å². The molecule has 0 saturated carbocycles. The second-order valence-electron chi connectivity index (χ2n) is 4.19. The molecule has 7 nitrogen and oxygen atoms in total. The molecule has 114 valence electrons. The third-order valence-corrected chi connectivity index (χ3v) is 2.35. The average molecular weight is 293 g/mol. The van der Waals surface area contributed by atoms with Crippen molar-refractivity contribution >= 4 is 11.9 Å². The first-order valence-electron chi connectivity index (χ1n) is 6.57. The van der Waals surface area contributed by atoms with Gasteiger partial charge < -0.3 is 9.47 Å². The molecular weight excluding hydrogens is 274 g/mol. The monoisotopic (exact) mass is 293 g/mol. The Hall–Kier alpha value is -2.44. The third kappa shape index (κ3) is 10.1. The second kappa shape index (κ2) is 9.46. The van der Waals surface area contributed by atoms with Gasteiger partial charge in [-0.3, -0.25) is 9.59 Å². The topological polar surface area (TPSA) is 80.3 Å². The number of rotatable bonds is 6. The number of carbonyl (C=O) groups is 2. The quantitative estimate of drug-likeness (QED) is 0.749. The Bertz CT molecular complexity index is 470. The molecule has 1 aromatic carbocycles. The van der Waals surface area contributed by atoms with Crippen LogP contribution in [0.2, 0.25) is 0 Å². The molecule has 0 aliphatic carbocycles. The van der Waals surface area contributed by atoms with E-state index < -0.39 is 0 Å². The maximum Gasteiger partial charge on any atom is 0.302 e. The van der Waals surface area contributed by atoms with Crippen LogP contribution in [-0.4, -0.2) is 36.8 Å². The minimum Gasteiger partial charge on any atom is -0.466 e. The second-order valence-corrected chi connectivity index (χ2v) is 4.19. The highest BCUT2D eigenvalue weighted by molar-refractivity contribution is 5.66. The summed E-state index contributed by atoms with van der Waals surface area (Å²) in [6, 6.07) is 9.95. The van der Waals surface area contributed by atoms with Crippen LogP contribution in [0.15, 0.2) is 40.8 Å². The molecule has 21 heavy (non-hydrogen) atoms. The highest BCUT2D eigenvalue weighted by Crippen LogP contribution is 2.05. The van der Waals surface area contributed by atoms with Crippen molar-refractivity contribution in [3.8, 4) is 0 Å². The van der Waals surface area contributed by atoms with Crippen molar-refractivity contribution in [1.29, 1.82) is 0 Å². The molecule has 7 heteroatoms. The first kappa shape index (κ1) is 16.6. The lowest BCUT2D eigenvalue weighted by Gasteiger charge is -2.00. The molecular formula is C14H19N3O4. The summed E-state index contributed by atoms with van der Waals surface area (Å²) in [5, 5.41) is 8.39. The predicted molar refractivity (Wildman–Crippen MR) is 75.0 cm³/mol. The van der Waals surface area contributed by atoms with Crippen LogP contribution < -0.4 is 0 Å². The van der Waals surface area contributed by atoms with Crippen LogP contribution in [0.1, 0.15) is 19.4 Å². The van der Waals surface area contributed by atoms with Crippen molar-refractivity contribution in [2.24, 2.45) is 10.4 Å². The molecule has 0 spiro atoms. The molecule has 2 rings (SSSR count). The summed E-state index contributed by atoms with van der Waals surface area (Å²) in [6.07, 6.45) is 0.792. The molecule has 0 atom stereocenters. The van der Waals surface area contributed by atoms with Gasteiger partial charge in [-0.15, -0.1) is 5.12 Å². The fourth-order valence-electron chi connectivity index (χ4n) is 1.35. The van der Waals surface area contributed by atoms with Crippen molar-refractivity contribution in [3.63, 3.8) is 0 Å². The molecule has 0 N–H and O–H groups in total. The zero-order chi connectivity index (χ0) is 15.5. The van der Waals surface area contributed by atoms with E-state index in [0.29, 0.717) is 19.8 Å². The zero-order valence-electron chi connectivity index (χ0n) is 12.2. The fourth-order valence-corrected chi connectivity index (χ4v) is 1.35. The fraction of sp³-hybridized carbons (Fsp3) is 0.429. The van der Waals surface area contributed by atoms with Crippen LogP contribution in [0.4, 0.5) is 0 Å². The number of nitrogens with zero attached hydrogens (tertiary/aromatic N) is 3. The van der Waals surface area contributed by atoms with Crippen LogP contribution >= 0.6 is 0 Å². The van der Waals surface area contributed by atoms with Crippen LogP contribution in [0.3, 0.4) is 0 Å². The van der Waals surface area contributed by atoms with Gasteiger partial charge in [0.05, 0.1) is 13.2 Å². The number of carbonyl (C=O) groups excluding carboxylic acids is 2. The predicted octanol–water partition coefficient (Wildman–Crippen LogP) is 1.94.